The first-order chi connectivity index (χ1) is 12.0. The van der Waals surface area contributed by atoms with Crippen LogP contribution < -0.4 is 10.9 Å². The summed E-state index contributed by atoms with van der Waals surface area (Å²) in [6, 6.07) is 13.1. The van der Waals surface area contributed by atoms with E-state index in [1.807, 2.05) is 0 Å². The van der Waals surface area contributed by atoms with Gasteiger partial charge in [-0.25, -0.2) is 4.79 Å². The molecule has 0 aliphatic carbocycles. The molecule has 8 heteroatoms. The molecule has 0 unspecified atom stereocenters. The fraction of sp³-hybridized carbons (Fsp3) is 0.118. The summed E-state index contributed by atoms with van der Waals surface area (Å²) in [5, 5.41) is 10.6. The highest BCUT2D eigenvalue weighted by Gasteiger charge is 2.11. The number of hydrogen-bond donors (Lipinski definition) is 1. The number of nitrogens with one attached hydrogen (secondary N) is 1. The quantitative estimate of drug-likeness (QED) is 0.724. The number of anilines is 1. The average Bonchev–Trinajstić information content (AvgIpc) is 2.61. The van der Waals surface area contributed by atoms with Crippen LogP contribution in [0.1, 0.15) is 17.3 Å². The molecule has 0 saturated carbocycles. The number of benzene rings is 2. The maximum atomic E-state index is 12.3. The normalized spacial score (nSPS) is 10.4. The summed E-state index contributed by atoms with van der Waals surface area (Å²) >= 11 is 0. The predicted octanol–water partition coefficient (Wildman–Crippen LogP) is 1.56. The van der Waals surface area contributed by atoms with Gasteiger partial charge in [-0.05, 0) is 30.3 Å². The molecular weight excluding hydrogens is 324 g/mol. The Morgan fingerprint density at radius 2 is 1.96 bits per heavy atom. The number of carbonyl (C=O) groups is 2. The highest BCUT2D eigenvalue weighted by molar-refractivity contribution is 5.93. The number of aromatic nitrogens is 3. The minimum atomic E-state index is -0.644. The van der Waals surface area contributed by atoms with Gasteiger partial charge < -0.3 is 10.1 Å². The Balaban J connectivity index is 1.75. The summed E-state index contributed by atoms with van der Waals surface area (Å²) in [7, 11) is 0. The van der Waals surface area contributed by atoms with Gasteiger partial charge in [-0.1, -0.05) is 23.4 Å². The van der Waals surface area contributed by atoms with Crippen molar-refractivity contribution in [3.63, 3.8) is 0 Å². The van der Waals surface area contributed by atoms with E-state index in [1.165, 1.54) is 13.0 Å². The molecule has 25 heavy (non-hydrogen) atoms. The number of rotatable bonds is 4. The first-order valence-electron chi connectivity index (χ1n) is 7.42. The van der Waals surface area contributed by atoms with Gasteiger partial charge in [0.2, 0.25) is 5.91 Å². The largest absolute Gasteiger partial charge is 0.439 e. The molecule has 3 aromatic rings. The van der Waals surface area contributed by atoms with E-state index in [0.29, 0.717) is 16.6 Å². The van der Waals surface area contributed by atoms with Crippen LogP contribution in [0.25, 0.3) is 10.9 Å². The highest BCUT2D eigenvalue weighted by Crippen LogP contribution is 2.12. The lowest BCUT2D eigenvalue weighted by molar-refractivity contribution is -0.114. The third-order valence-corrected chi connectivity index (χ3v) is 3.37. The zero-order valence-corrected chi connectivity index (χ0v) is 13.3. The average molecular weight is 338 g/mol. The second-order valence-corrected chi connectivity index (χ2v) is 5.23. The van der Waals surface area contributed by atoms with Crippen molar-refractivity contribution in [2.24, 2.45) is 0 Å². The topological polar surface area (TPSA) is 103 Å². The molecule has 0 aliphatic heterocycles. The van der Waals surface area contributed by atoms with Crippen molar-refractivity contribution in [2.75, 3.05) is 5.32 Å². The molecule has 3 rings (SSSR count). The third-order valence-electron chi connectivity index (χ3n) is 3.37. The van der Waals surface area contributed by atoms with Gasteiger partial charge in [0.25, 0.3) is 5.56 Å². The maximum Gasteiger partial charge on any atom is 0.339 e. The van der Waals surface area contributed by atoms with Crippen LogP contribution >= 0.6 is 0 Å². The first kappa shape index (κ1) is 16.3. The van der Waals surface area contributed by atoms with Crippen molar-refractivity contribution in [1.29, 1.82) is 0 Å². The van der Waals surface area contributed by atoms with E-state index in [4.69, 9.17) is 4.74 Å². The molecule has 1 N–H and O–H groups in total. The molecule has 1 amide bonds. The molecular formula is C17H14N4O4. The summed E-state index contributed by atoms with van der Waals surface area (Å²) in [5.41, 5.74) is 0.793. The summed E-state index contributed by atoms with van der Waals surface area (Å²) in [5.74, 6) is -0.891. The minimum absolute atomic E-state index is 0.244. The molecule has 0 radical (unpaired) electrons. The molecule has 0 fully saturated rings. The molecule has 1 heterocycles. The monoisotopic (exact) mass is 338 g/mol. The number of carbonyl (C=O) groups excluding carboxylic acids is 2. The van der Waals surface area contributed by atoms with E-state index in [9.17, 15) is 14.4 Å². The maximum absolute atomic E-state index is 12.3. The SMILES string of the molecule is CC(=O)Nc1cccc(C(=O)OCn2nnc3ccccc3c2=O)c1. The second kappa shape index (κ2) is 6.91. The van der Waals surface area contributed by atoms with Crippen LogP contribution in [0.15, 0.2) is 53.3 Å². The van der Waals surface area contributed by atoms with E-state index in [-0.39, 0.29) is 18.2 Å². The van der Waals surface area contributed by atoms with Gasteiger partial charge in [0.1, 0.15) is 5.52 Å². The first-order valence-corrected chi connectivity index (χ1v) is 7.42. The van der Waals surface area contributed by atoms with Gasteiger partial charge in [0.05, 0.1) is 10.9 Å². The standard InChI is InChI=1S/C17H14N4O4/c1-11(22)18-13-6-4-5-12(9-13)17(24)25-10-21-16(23)14-7-2-3-8-15(14)19-20-21/h2-9H,10H2,1H3,(H,18,22). The van der Waals surface area contributed by atoms with Crippen LogP contribution in [0.4, 0.5) is 5.69 Å². The summed E-state index contributed by atoms with van der Waals surface area (Å²) < 4.78 is 6.08. The van der Waals surface area contributed by atoms with Crippen LogP contribution in [0.3, 0.4) is 0 Å². The Bertz CT molecular complexity index is 1010. The predicted molar refractivity (Wildman–Crippen MR) is 90.0 cm³/mol. The summed E-state index contributed by atoms with van der Waals surface area (Å²) in [6.07, 6.45) is 0. The van der Waals surface area contributed by atoms with Gasteiger partial charge in [0, 0.05) is 12.6 Å². The van der Waals surface area contributed by atoms with Crippen LogP contribution in [0.2, 0.25) is 0 Å². The fourth-order valence-corrected chi connectivity index (χ4v) is 2.24. The van der Waals surface area contributed by atoms with Crippen molar-refractivity contribution in [1.82, 2.24) is 15.0 Å². The summed E-state index contributed by atoms with van der Waals surface area (Å²) in [6.45, 7) is 1.01. The Kier molecular flexibility index (Phi) is 4.51. The van der Waals surface area contributed by atoms with Gasteiger partial charge >= 0.3 is 5.97 Å². The molecule has 1 aromatic heterocycles. The Labute approximate surface area is 142 Å². The van der Waals surface area contributed by atoms with E-state index in [0.717, 1.165) is 4.68 Å². The highest BCUT2D eigenvalue weighted by atomic mass is 16.5. The lowest BCUT2D eigenvalue weighted by Crippen LogP contribution is -2.26. The summed E-state index contributed by atoms with van der Waals surface area (Å²) in [4.78, 5) is 35.5. The molecule has 0 bridgehead atoms. The van der Waals surface area contributed by atoms with Crippen LogP contribution in [-0.2, 0) is 16.3 Å². The molecule has 2 aromatic carbocycles. The van der Waals surface area contributed by atoms with Crippen LogP contribution in [0, 0.1) is 0 Å². The van der Waals surface area contributed by atoms with Crippen LogP contribution in [-0.4, -0.2) is 26.9 Å². The van der Waals surface area contributed by atoms with Gasteiger partial charge in [-0.3, -0.25) is 9.59 Å². The zero-order valence-electron chi connectivity index (χ0n) is 13.3. The van der Waals surface area contributed by atoms with Gasteiger partial charge in [0.15, 0.2) is 6.73 Å². The third kappa shape index (κ3) is 3.69. The molecule has 126 valence electrons. The van der Waals surface area contributed by atoms with Crippen LogP contribution in [0.5, 0.6) is 0 Å². The van der Waals surface area contributed by atoms with E-state index < -0.39 is 11.5 Å². The fourth-order valence-electron chi connectivity index (χ4n) is 2.24. The van der Waals surface area contributed by atoms with Gasteiger partial charge in [-0.15, -0.1) is 5.10 Å². The second-order valence-electron chi connectivity index (χ2n) is 5.23. The Morgan fingerprint density at radius 3 is 2.76 bits per heavy atom. The molecule has 8 nitrogen and oxygen atoms in total. The van der Waals surface area contributed by atoms with Crippen molar-refractivity contribution in [2.45, 2.75) is 13.7 Å². The van der Waals surface area contributed by atoms with E-state index >= 15 is 0 Å². The Hall–Kier alpha value is -3.55. The minimum Gasteiger partial charge on any atom is -0.439 e. The number of esters is 1. The number of nitrogens with zero attached hydrogens (tertiary/aromatic N) is 3. The Morgan fingerprint density at radius 1 is 1.16 bits per heavy atom. The molecule has 0 saturated heterocycles. The van der Waals surface area contributed by atoms with Crippen molar-refractivity contribution in [3.05, 3.63) is 64.4 Å². The van der Waals surface area contributed by atoms with E-state index in [1.54, 1.807) is 42.5 Å². The number of ether oxygens (including phenoxy) is 1. The van der Waals surface area contributed by atoms with Crippen molar-refractivity contribution >= 4 is 28.5 Å². The molecule has 0 atom stereocenters. The van der Waals surface area contributed by atoms with Gasteiger partial charge in [-0.2, -0.15) is 4.68 Å². The number of fused-ring (bicyclic) bond motifs is 1. The number of amides is 1. The smallest absolute Gasteiger partial charge is 0.339 e. The molecule has 0 aliphatic rings. The molecule has 0 spiro atoms. The lowest BCUT2D eigenvalue weighted by Gasteiger charge is -2.08. The zero-order chi connectivity index (χ0) is 17.8. The lowest BCUT2D eigenvalue weighted by atomic mass is 10.2. The van der Waals surface area contributed by atoms with Crippen molar-refractivity contribution < 1.29 is 14.3 Å². The van der Waals surface area contributed by atoms with Crippen molar-refractivity contribution in [3.8, 4) is 0 Å². The number of hydrogen-bond acceptors (Lipinski definition) is 6. The van der Waals surface area contributed by atoms with E-state index in [2.05, 4.69) is 15.6 Å².